The molecule has 1 saturated heterocycles. The second-order valence-corrected chi connectivity index (χ2v) is 5.58. The molecule has 0 N–H and O–H groups in total. The molecule has 5 atom stereocenters. The average molecular weight is 302 g/mol. The van der Waals surface area contributed by atoms with Crippen molar-refractivity contribution in [3.05, 3.63) is 12.8 Å². The fraction of sp³-hybridized carbons (Fsp3) is 0.833. The molecule has 2 aliphatic carbocycles. The van der Waals surface area contributed by atoms with Crippen molar-refractivity contribution in [3.63, 3.8) is 0 Å². The normalized spacial score (nSPS) is 42.0. The third kappa shape index (κ3) is 1.46. The van der Waals surface area contributed by atoms with Crippen molar-refractivity contribution < 1.29 is 35.8 Å². The molecule has 5 unspecified atom stereocenters. The molecular formula is C12H12F6O2. The minimum absolute atomic E-state index is 0.280. The van der Waals surface area contributed by atoms with Gasteiger partial charge in [-0.1, -0.05) is 6.58 Å². The van der Waals surface area contributed by atoms with Crippen LogP contribution in [0.5, 0.6) is 0 Å². The zero-order valence-corrected chi connectivity index (χ0v) is 10.2. The van der Waals surface area contributed by atoms with Crippen LogP contribution in [-0.4, -0.2) is 30.2 Å². The molecule has 114 valence electrons. The lowest BCUT2D eigenvalue weighted by Crippen LogP contribution is -2.76. The van der Waals surface area contributed by atoms with Gasteiger partial charge in [0.1, 0.15) is 6.10 Å². The van der Waals surface area contributed by atoms with Crippen LogP contribution in [-0.2, 0) is 9.47 Å². The molecule has 20 heavy (non-hydrogen) atoms. The maximum Gasteiger partial charge on any atom is 0.426 e. The largest absolute Gasteiger partial charge is 0.498 e. The third-order valence-electron chi connectivity index (χ3n) is 4.77. The average Bonchev–Trinajstić information content (AvgIpc) is 2.67. The summed E-state index contributed by atoms with van der Waals surface area (Å²) in [5.74, 6) is -2.70. The molecule has 3 rings (SSSR count). The summed E-state index contributed by atoms with van der Waals surface area (Å²) in [5, 5.41) is 0. The molecule has 0 radical (unpaired) electrons. The molecular weight excluding hydrogens is 290 g/mol. The number of hydrogen-bond donors (Lipinski definition) is 0. The van der Waals surface area contributed by atoms with Crippen molar-refractivity contribution in [2.24, 2.45) is 17.8 Å². The molecule has 2 saturated carbocycles. The Morgan fingerprint density at radius 1 is 1.10 bits per heavy atom. The predicted molar refractivity (Wildman–Crippen MR) is 54.5 cm³/mol. The molecule has 1 aliphatic heterocycles. The first kappa shape index (κ1) is 14.0. The van der Waals surface area contributed by atoms with Gasteiger partial charge >= 0.3 is 12.4 Å². The van der Waals surface area contributed by atoms with E-state index in [1.807, 2.05) is 0 Å². The quantitative estimate of drug-likeness (QED) is 0.575. The minimum Gasteiger partial charge on any atom is -0.498 e. The molecule has 0 aromatic carbocycles. The Balaban J connectivity index is 1.96. The first-order valence-electron chi connectivity index (χ1n) is 6.21. The third-order valence-corrected chi connectivity index (χ3v) is 4.77. The lowest BCUT2D eigenvalue weighted by Gasteiger charge is -2.57. The van der Waals surface area contributed by atoms with E-state index in [-0.39, 0.29) is 12.3 Å². The van der Waals surface area contributed by atoms with Crippen molar-refractivity contribution in [1.82, 2.24) is 0 Å². The summed E-state index contributed by atoms with van der Waals surface area (Å²) in [4.78, 5) is 0. The van der Waals surface area contributed by atoms with E-state index in [0.29, 0.717) is 6.42 Å². The van der Waals surface area contributed by atoms with Gasteiger partial charge < -0.3 is 9.47 Å². The van der Waals surface area contributed by atoms with Gasteiger partial charge in [-0.05, 0) is 18.8 Å². The molecule has 1 heterocycles. The lowest BCUT2D eigenvalue weighted by atomic mass is 9.67. The van der Waals surface area contributed by atoms with Crippen LogP contribution in [0.25, 0.3) is 0 Å². The van der Waals surface area contributed by atoms with E-state index in [1.165, 1.54) is 0 Å². The van der Waals surface area contributed by atoms with Crippen LogP contribution in [0.4, 0.5) is 26.3 Å². The number of fused-ring (bicyclic) bond motifs is 5. The molecule has 2 bridgehead atoms. The molecule has 0 aromatic heterocycles. The maximum absolute atomic E-state index is 13.0. The van der Waals surface area contributed by atoms with Gasteiger partial charge in [-0.15, -0.1) is 0 Å². The summed E-state index contributed by atoms with van der Waals surface area (Å²) in [5.41, 5.74) is -4.03. The fourth-order valence-corrected chi connectivity index (χ4v) is 4.13. The second kappa shape index (κ2) is 3.84. The van der Waals surface area contributed by atoms with Gasteiger partial charge in [0, 0.05) is 11.8 Å². The Morgan fingerprint density at radius 3 is 2.20 bits per heavy atom. The highest BCUT2D eigenvalue weighted by Gasteiger charge is 2.87. The highest BCUT2D eigenvalue weighted by Crippen LogP contribution is 2.69. The molecule has 3 aliphatic rings. The number of ether oxygens (including phenoxy) is 2. The van der Waals surface area contributed by atoms with Crippen molar-refractivity contribution in [1.29, 1.82) is 0 Å². The van der Waals surface area contributed by atoms with Crippen LogP contribution in [0, 0.1) is 17.8 Å². The minimum atomic E-state index is -5.48. The highest BCUT2D eigenvalue weighted by molar-refractivity contribution is 5.21. The summed E-state index contributed by atoms with van der Waals surface area (Å²) in [7, 11) is 0. The van der Waals surface area contributed by atoms with Gasteiger partial charge in [0.05, 0.1) is 12.4 Å². The standard InChI is InChI=1S/C12H12F6O2/c1-2-19-7-4-5-3-6(7)8-9(5)20-10(8,11(13,14)15)12(16,17)18/h2,5-9H,1,3-4H2. The van der Waals surface area contributed by atoms with Crippen molar-refractivity contribution >= 4 is 0 Å². The van der Waals surface area contributed by atoms with E-state index in [9.17, 15) is 26.3 Å². The lowest BCUT2D eigenvalue weighted by molar-refractivity contribution is -0.473. The van der Waals surface area contributed by atoms with Gasteiger partial charge in [0.2, 0.25) is 0 Å². The van der Waals surface area contributed by atoms with Crippen molar-refractivity contribution in [2.45, 2.75) is 43.0 Å². The number of alkyl halides is 6. The van der Waals surface area contributed by atoms with Gasteiger partial charge in [-0.3, -0.25) is 0 Å². The number of rotatable bonds is 2. The van der Waals surface area contributed by atoms with Crippen LogP contribution >= 0.6 is 0 Å². The van der Waals surface area contributed by atoms with Crippen LogP contribution < -0.4 is 0 Å². The SMILES string of the molecule is C=COC1CC2CC1C1C2OC1(C(F)(F)F)C(F)(F)F. The Kier molecular flexibility index (Phi) is 2.69. The first-order chi connectivity index (χ1) is 9.13. The highest BCUT2D eigenvalue weighted by atomic mass is 19.4. The summed E-state index contributed by atoms with van der Waals surface area (Å²) < 4.78 is 87.6. The summed E-state index contributed by atoms with van der Waals surface area (Å²) in [6.45, 7) is 3.31. The Morgan fingerprint density at radius 2 is 1.70 bits per heavy atom. The first-order valence-corrected chi connectivity index (χ1v) is 6.21. The van der Waals surface area contributed by atoms with Gasteiger partial charge in [0.25, 0.3) is 5.60 Å². The summed E-state index contributed by atoms with van der Waals surface area (Å²) in [6, 6.07) is 0. The Hall–Kier alpha value is -0.920. The number of hydrogen-bond acceptors (Lipinski definition) is 2. The van der Waals surface area contributed by atoms with Crippen LogP contribution in [0.3, 0.4) is 0 Å². The Bertz CT molecular complexity index is 415. The molecule has 0 spiro atoms. The van der Waals surface area contributed by atoms with Crippen molar-refractivity contribution in [3.8, 4) is 0 Å². The topological polar surface area (TPSA) is 18.5 Å². The van der Waals surface area contributed by atoms with Crippen LogP contribution in [0.2, 0.25) is 0 Å². The molecule has 0 amide bonds. The fourth-order valence-electron chi connectivity index (χ4n) is 4.13. The molecule has 2 nitrogen and oxygen atoms in total. The van der Waals surface area contributed by atoms with E-state index >= 15 is 0 Å². The molecule has 8 heteroatoms. The number of halogens is 6. The second-order valence-electron chi connectivity index (χ2n) is 5.58. The zero-order chi connectivity index (χ0) is 14.9. The summed E-state index contributed by atoms with van der Waals surface area (Å²) >= 11 is 0. The molecule has 3 fully saturated rings. The van der Waals surface area contributed by atoms with Gasteiger partial charge in [0.15, 0.2) is 0 Å². The van der Waals surface area contributed by atoms with E-state index in [1.54, 1.807) is 0 Å². The van der Waals surface area contributed by atoms with Crippen molar-refractivity contribution in [2.75, 3.05) is 0 Å². The maximum atomic E-state index is 13.0. The summed E-state index contributed by atoms with van der Waals surface area (Å²) in [6.07, 6.45) is -10.8. The monoisotopic (exact) mass is 302 g/mol. The van der Waals surface area contributed by atoms with E-state index in [0.717, 1.165) is 6.26 Å². The Labute approximate surface area is 110 Å². The van der Waals surface area contributed by atoms with Gasteiger partial charge in [-0.25, -0.2) is 0 Å². The smallest absolute Gasteiger partial charge is 0.426 e. The molecule has 0 aromatic rings. The zero-order valence-electron chi connectivity index (χ0n) is 10.2. The predicted octanol–water partition coefficient (Wildman–Crippen LogP) is 3.43. The van der Waals surface area contributed by atoms with E-state index in [4.69, 9.17) is 4.74 Å². The van der Waals surface area contributed by atoms with E-state index < -0.39 is 42.0 Å². The van der Waals surface area contributed by atoms with E-state index in [2.05, 4.69) is 11.3 Å². The van der Waals surface area contributed by atoms with Crippen LogP contribution in [0.1, 0.15) is 12.8 Å². The van der Waals surface area contributed by atoms with Gasteiger partial charge in [-0.2, -0.15) is 26.3 Å². The van der Waals surface area contributed by atoms with Crippen LogP contribution in [0.15, 0.2) is 12.8 Å².